The fourth-order valence-corrected chi connectivity index (χ4v) is 2.39. The van der Waals surface area contributed by atoms with Crippen molar-refractivity contribution in [2.45, 2.75) is 0 Å². The predicted molar refractivity (Wildman–Crippen MR) is 83.4 cm³/mol. The Labute approximate surface area is 118 Å². The summed E-state index contributed by atoms with van der Waals surface area (Å²) >= 11 is 0. The monoisotopic (exact) mass is 261 g/mol. The molecule has 2 heteroatoms. The van der Waals surface area contributed by atoms with E-state index in [0.29, 0.717) is 11.1 Å². The van der Waals surface area contributed by atoms with Crippen LogP contribution in [0.3, 0.4) is 0 Å². The first-order valence-electron chi connectivity index (χ1n) is 6.60. The lowest BCUT2D eigenvalue weighted by Gasteiger charge is -2.08. The number of carbonyl (C=O) groups is 1. The van der Waals surface area contributed by atoms with Crippen molar-refractivity contribution in [3.8, 4) is 0 Å². The average Bonchev–Trinajstić information content (AvgIpc) is 2.53. The molecule has 0 heterocycles. The summed E-state index contributed by atoms with van der Waals surface area (Å²) in [6.07, 6.45) is 0. The van der Waals surface area contributed by atoms with Gasteiger partial charge in [0, 0.05) is 23.9 Å². The lowest BCUT2D eigenvalue weighted by Crippen LogP contribution is -2.05. The van der Waals surface area contributed by atoms with E-state index in [2.05, 4.69) is 5.32 Å². The quantitative estimate of drug-likeness (QED) is 0.719. The smallest absolute Gasteiger partial charge is 0.195 e. The zero-order chi connectivity index (χ0) is 13.9. The van der Waals surface area contributed by atoms with Gasteiger partial charge in [0.15, 0.2) is 5.78 Å². The van der Waals surface area contributed by atoms with E-state index in [0.717, 1.165) is 16.5 Å². The fourth-order valence-electron chi connectivity index (χ4n) is 2.39. The molecule has 3 aromatic carbocycles. The van der Waals surface area contributed by atoms with E-state index in [-0.39, 0.29) is 5.78 Å². The van der Waals surface area contributed by atoms with Gasteiger partial charge in [-0.2, -0.15) is 0 Å². The Hall–Kier alpha value is -2.61. The number of nitrogens with one attached hydrogen (secondary N) is 1. The molecule has 1 N–H and O–H groups in total. The molecule has 0 saturated heterocycles. The number of ketones is 1. The minimum absolute atomic E-state index is 0.0423. The maximum Gasteiger partial charge on any atom is 0.195 e. The summed E-state index contributed by atoms with van der Waals surface area (Å²) in [5.74, 6) is 0.0423. The van der Waals surface area contributed by atoms with Crippen LogP contribution in [0.2, 0.25) is 0 Å². The van der Waals surface area contributed by atoms with Crippen LogP contribution < -0.4 is 5.32 Å². The van der Waals surface area contributed by atoms with Crippen LogP contribution >= 0.6 is 0 Å². The van der Waals surface area contributed by atoms with Crippen LogP contribution in [0.1, 0.15) is 15.9 Å². The molecule has 0 amide bonds. The van der Waals surface area contributed by atoms with E-state index in [1.165, 1.54) is 0 Å². The first-order valence-corrected chi connectivity index (χ1v) is 6.60. The summed E-state index contributed by atoms with van der Waals surface area (Å²) in [5.41, 5.74) is 2.27. The number of anilines is 1. The van der Waals surface area contributed by atoms with Gasteiger partial charge >= 0.3 is 0 Å². The Kier molecular flexibility index (Phi) is 3.21. The summed E-state index contributed by atoms with van der Waals surface area (Å²) in [6.45, 7) is 0. The molecule has 0 aliphatic carbocycles. The van der Waals surface area contributed by atoms with Gasteiger partial charge in [-0.15, -0.1) is 0 Å². The molecule has 20 heavy (non-hydrogen) atoms. The molecule has 0 aromatic heterocycles. The van der Waals surface area contributed by atoms with Crippen molar-refractivity contribution in [2.75, 3.05) is 12.4 Å². The molecular weight excluding hydrogens is 246 g/mol. The second-order valence-corrected chi connectivity index (χ2v) is 4.69. The molecular formula is C18H15NO. The van der Waals surface area contributed by atoms with Crippen molar-refractivity contribution in [3.05, 3.63) is 77.9 Å². The molecule has 3 aromatic rings. The SMILES string of the molecule is CNc1ccccc1C(=O)c1ccc2ccccc2c1. The minimum Gasteiger partial charge on any atom is -0.388 e. The molecule has 0 aliphatic heterocycles. The van der Waals surface area contributed by atoms with Gasteiger partial charge in [-0.25, -0.2) is 0 Å². The van der Waals surface area contributed by atoms with Gasteiger partial charge in [0.05, 0.1) is 0 Å². The number of para-hydroxylation sites is 1. The van der Waals surface area contributed by atoms with Gasteiger partial charge in [-0.05, 0) is 29.0 Å². The van der Waals surface area contributed by atoms with Gasteiger partial charge in [0.2, 0.25) is 0 Å². The van der Waals surface area contributed by atoms with E-state index in [9.17, 15) is 4.79 Å². The van der Waals surface area contributed by atoms with Crippen molar-refractivity contribution in [3.63, 3.8) is 0 Å². The maximum atomic E-state index is 12.6. The highest BCUT2D eigenvalue weighted by Crippen LogP contribution is 2.21. The summed E-state index contributed by atoms with van der Waals surface area (Å²) in [5, 5.41) is 5.29. The van der Waals surface area contributed by atoms with Crippen molar-refractivity contribution in [2.24, 2.45) is 0 Å². The number of carbonyl (C=O) groups excluding carboxylic acids is 1. The van der Waals surface area contributed by atoms with E-state index in [1.807, 2.05) is 73.8 Å². The zero-order valence-corrected chi connectivity index (χ0v) is 11.3. The molecule has 0 atom stereocenters. The van der Waals surface area contributed by atoms with Crippen LogP contribution in [0.5, 0.6) is 0 Å². The number of benzene rings is 3. The Morgan fingerprint density at radius 1 is 0.850 bits per heavy atom. The number of rotatable bonds is 3. The van der Waals surface area contributed by atoms with Crippen LogP contribution in [-0.2, 0) is 0 Å². The van der Waals surface area contributed by atoms with Gasteiger partial charge in [0.25, 0.3) is 0 Å². The third kappa shape index (κ3) is 2.16. The first-order chi connectivity index (χ1) is 9.79. The van der Waals surface area contributed by atoms with Crippen LogP contribution in [0.4, 0.5) is 5.69 Å². The van der Waals surface area contributed by atoms with E-state index >= 15 is 0 Å². The normalized spacial score (nSPS) is 10.4. The van der Waals surface area contributed by atoms with Crippen molar-refractivity contribution in [1.29, 1.82) is 0 Å². The molecule has 98 valence electrons. The van der Waals surface area contributed by atoms with Crippen molar-refractivity contribution < 1.29 is 4.79 Å². The van der Waals surface area contributed by atoms with Gasteiger partial charge < -0.3 is 5.32 Å². The minimum atomic E-state index is 0.0423. The summed E-state index contributed by atoms with van der Waals surface area (Å²) in [6, 6.07) is 21.4. The maximum absolute atomic E-state index is 12.6. The Morgan fingerprint density at radius 3 is 2.35 bits per heavy atom. The van der Waals surface area contributed by atoms with Crippen LogP contribution in [0.15, 0.2) is 66.7 Å². The van der Waals surface area contributed by atoms with E-state index in [4.69, 9.17) is 0 Å². The summed E-state index contributed by atoms with van der Waals surface area (Å²) < 4.78 is 0. The summed E-state index contributed by atoms with van der Waals surface area (Å²) in [7, 11) is 1.83. The lowest BCUT2D eigenvalue weighted by atomic mass is 9.99. The van der Waals surface area contributed by atoms with Crippen LogP contribution in [0.25, 0.3) is 10.8 Å². The van der Waals surface area contributed by atoms with Crippen molar-refractivity contribution >= 4 is 22.2 Å². The molecule has 0 saturated carbocycles. The Balaban J connectivity index is 2.08. The highest BCUT2D eigenvalue weighted by molar-refractivity contribution is 6.13. The number of fused-ring (bicyclic) bond motifs is 1. The van der Waals surface area contributed by atoms with Crippen LogP contribution in [0, 0.1) is 0 Å². The van der Waals surface area contributed by atoms with Gasteiger partial charge in [-0.3, -0.25) is 4.79 Å². The average molecular weight is 261 g/mol. The fraction of sp³-hybridized carbons (Fsp3) is 0.0556. The molecule has 0 spiro atoms. The molecule has 3 rings (SSSR count). The number of hydrogen-bond donors (Lipinski definition) is 1. The molecule has 2 nitrogen and oxygen atoms in total. The third-order valence-electron chi connectivity index (χ3n) is 3.45. The molecule has 0 aliphatic rings. The standard InChI is InChI=1S/C18H15NO/c1-19-17-9-5-4-8-16(17)18(20)15-11-10-13-6-2-3-7-14(13)12-15/h2-12,19H,1H3. The highest BCUT2D eigenvalue weighted by Gasteiger charge is 2.12. The second kappa shape index (κ2) is 5.17. The molecule has 0 bridgehead atoms. The number of hydrogen-bond acceptors (Lipinski definition) is 2. The topological polar surface area (TPSA) is 29.1 Å². The molecule has 0 fully saturated rings. The predicted octanol–water partition coefficient (Wildman–Crippen LogP) is 4.11. The zero-order valence-electron chi connectivity index (χ0n) is 11.3. The van der Waals surface area contributed by atoms with E-state index < -0.39 is 0 Å². The van der Waals surface area contributed by atoms with Crippen LogP contribution in [-0.4, -0.2) is 12.8 Å². The molecule has 0 unspecified atom stereocenters. The Morgan fingerprint density at radius 2 is 1.55 bits per heavy atom. The Bertz CT molecular complexity index is 777. The second-order valence-electron chi connectivity index (χ2n) is 4.69. The third-order valence-corrected chi connectivity index (χ3v) is 3.45. The molecule has 0 radical (unpaired) electrons. The summed E-state index contributed by atoms with van der Waals surface area (Å²) in [4.78, 5) is 12.6. The van der Waals surface area contributed by atoms with Gasteiger partial charge in [-0.1, -0.05) is 48.5 Å². The van der Waals surface area contributed by atoms with E-state index in [1.54, 1.807) is 0 Å². The van der Waals surface area contributed by atoms with Crippen molar-refractivity contribution in [1.82, 2.24) is 0 Å². The van der Waals surface area contributed by atoms with Gasteiger partial charge in [0.1, 0.15) is 0 Å². The largest absolute Gasteiger partial charge is 0.388 e. The highest BCUT2D eigenvalue weighted by atomic mass is 16.1. The first kappa shape index (κ1) is 12.4. The lowest BCUT2D eigenvalue weighted by molar-refractivity contribution is 0.103.